The second kappa shape index (κ2) is 6.38. The summed E-state index contributed by atoms with van der Waals surface area (Å²) in [6.45, 7) is 1.67. The molecule has 2 heterocycles. The SMILES string of the molecule is Cc1cc(=O)oc2cc(O)c3c(c12)OC(N)=C(C#N)[C@@H]3c1cccc([N+](=O)[O-])c1. The van der Waals surface area contributed by atoms with Crippen molar-refractivity contribution in [2.75, 3.05) is 0 Å². The second-order valence-electron chi connectivity index (χ2n) is 6.54. The molecule has 0 saturated heterocycles. The van der Waals surface area contributed by atoms with Gasteiger partial charge in [-0.1, -0.05) is 12.1 Å². The van der Waals surface area contributed by atoms with Gasteiger partial charge in [0.25, 0.3) is 5.69 Å². The average molecular weight is 391 g/mol. The van der Waals surface area contributed by atoms with E-state index in [2.05, 4.69) is 0 Å². The normalized spacial score (nSPS) is 15.5. The summed E-state index contributed by atoms with van der Waals surface area (Å²) in [4.78, 5) is 22.4. The van der Waals surface area contributed by atoms with Crippen LogP contribution in [0.3, 0.4) is 0 Å². The molecule has 9 heteroatoms. The highest BCUT2D eigenvalue weighted by atomic mass is 16.6. The Labute approximate surface area is 163 Å². The average Bonchev–Trinajstić information content (AvgIpc) is 2.66. The molecule has 1 aromatic heterocycles. The monoisotopic (exact) mass is 391 g/mol. The molecule has 3 N–H and O–H groups in total. The third kappa shape index (κ3) is 2.74. The first-order chi connectivity index (χ1) is 13.8. The minimum atomic E-state index is -0.903. The lowest BCUT2D eigenvalue weighted by Gasteiger charge is -2.28. The van der Waals surface area contributed by atoms with Crippen LogP contribution in [0.2, 0.25) is 0 Å². The number of aryl methyl sites for hydroxylation is 1. The fourth-order valence-corrected chi connectivity index (χ4v) is 3.59. The van der Waals surface area contributed by atoms with Crippen LogP contribution in [0, 0.1) is 28.4 Å². The van der Waals surface area contributed by atoms with Gasteiger partial charge in [0, 0.05) is 24.3 Å². The number of ether oxygens (including phenoxy) is 1. The van der Waals surface area contributed by atoms with E-state index in [-0.39, 0.29) is 39.8 Å². The molecule has 0 spiro atoms. The Morgan fingerprint density at radius 3 is 2.76 bits per heavy atom. The van der Waals surface area contributed by atoms with Gasteiger partial charge in [-0.2, -0.15) is 5.26 Å². The van der Waals surface area contributed by atoms with Gasteiger partial charge >= 0.3 is 5.63 Å². The van der Waals surface area contributed by atoms with Crippen molar-refractivity contribution in [1.82, 2.24) is 0 Å². The number of rotatable bonds is 2. The fourth-order valence-electron chi connectivity index (χ4n) is 3.59. The number of nitrogens with zero attached hydrogens (tertiary/aromatic N) is 2. The van der Waals surface area contributed by atoms with Crippen LogP contribution in [0.15, 0.2) is 57.1 Å². The minimum absolute atomic E-state index is 0.00249. The van der Waals surface area contributed by atoms with Gasteiger partial charge in [-0.25, -0.2) is 4.79 Å². The van der Waals surface area contributed by atoms with Crippen molar-refractivity contribution < 1.29 is 19.2 Å². The summed E-state index contributed by atoms with van der Waals surface area (Å²) in [5, 5.41) is 32.0. The summed E-state index contributed by atoms with van der Waals surface area (Å²) in [7, 11) is 0. The molecular weight excluding hydrogens is 378 g/mol. The molecule has 0 aliphatic carbocycles. The van der Waals surface area contributed by atoms with Crippen molar-refractivity contribution >= 4 is 16.7 Å². The Balaban J connectivity index is 2.10. The zero-order chi connectivity index (χ0) is 20.9. The maximum absolute atomic E-state index is 11.7. The standard InChI is InChI=1S/C20H13N3O6/c1-9-5-15(25)28-14-7-13(24)18-17(10-3-2-4-11(6-10)23(26)27)12(8-21)20(22)29-19(18)16(9)14/h2-7,17,24H,22H2,1H3/t17-/m0/s1. The predicted molar refractivity (Wildman–Crippen MR) is 101 cm³/mol. The van der Waals surface area contributed by atoms with Gasteiger partial charge in [-0.15, -0.1) is 0 Å². The molecule has 29 heavy (non-hydrogen) atoms. The number of nitro benzene ring substituents is 1. The van der Waals surface area contributed by atoms with E-state index >= 15 is 0 Å². The predicted octanol–water partition coefficient (Wildman–Crippen LogP) is 2.93. The van der Waals surface area contributed by atoms with Crippen LogP contribution < -0.4 is 16.1 Å². The number of phenols is 1. The van der Waals surface area contributed by atoms with Crippen molar-refractivity contribution in [2.24, 2.45) is 5.73 Å². The Morgan fingerprint density at radius 2 is 2.07 bits per heavy atom. The highest BCUT2D eigenvalue weighted by molar-refractivity contribution is 5.91. The Hall–Kier alpha value is -4.32. The van der Waals surface area contributed by atoms with Crippen LogP contribution >= 0.6 is 0 Å². The number of hydrogen-bond donors (Lipinski definition) is 2. The zero-order valence-electron chi connectivity index (χ0n) is 15.0. The molecule has 0 unspecified atom stereocenters. The van der Waals surface area contributed by atoms with E-state index in [9.17, 15) is 25.3 Å². The van der Waals surface area contributed by atoms with Crippen molar-refractivity contribution in [3.05, 3.63) is 85.1 Å². The number of fused-ring (bicyclic) bond motifs is 3. The molecule has 0 saturated carbocycles. The molecule has 0 bridgehead atoms. The lowest BCUT2D eigenvalue weighted by Crippen LogP contribution is -2.21. The van der Waals surface area contributed by atoms with Crippen LogP contribution in [-0.2, 0) is 0 Å². The second-order valence-corrected chi connectivity index (χ2v) is 6.54. The maximum Gasteiger partial charge on any atom is 0.336 e. The molecule has 1 aliphatic heterocycles. The lowest BCUT2D eigenvalue weighted by atomic mass is 9.82. The molecular formula is C20H13N3O6. The van der Waals surface area contributed by atoms with Gasteiger partial charge in [0.15, 0.2) is 0 Å². The first kappa shape index (κ1) is 18.1. The summed E-state index contributed by atoms with van der Waals surface area (Å²) in [6.07, 6.45) is 0. The van der Waals surface area contributed by atoms with Gasteiger partial charge in [-0.05, 0) is 18.1 Å². The van der Waals surface area contributed by atoms with Gasteiger partial charge in [0.05, 0.1) is 21.8 Å². The highest BCUT2D eigenvalue weighted by Gasteiger charge is 2.36. The van der Waals surface area contributed by atoms with E-state index < -0.39 is 16.5 Å². The first-order valence-electron chi connectivity index (χ1n) is 8.44. The molecule has 3 aromatic rings. The van der Waals surface area contributed by atoms with E-state index in [1.807, 2.05) is 6.07 Å². The van der Waals surface area contributed by atoms with Crippen molar-refractivity contribution in [3.8, 4) is 17.6 Å². The molecule has 0 amide bonds. The molecule has 144 valence electrons. The van der Waals surface area contributed by atoms with Crippen molar-refractivity contribution in [2.45, 2.75) is 12.8 Å². The topological polar surface area (TPSA) is 153 Å². The maximum atomic E-state index is 11.7. The smallest absolute Gasteiger partial charge is 0.336 e. The summed E-state index contributed by atoms with van der Waals surface area (Å²) < 4.78 is 10.8. The van der Waals surface area contributed by atoms with Crippen molar-refractivity contribution in [1.29, 1.82) is 5.26 Å². The Bertz CT molecular complexity index is 1330. The molecule has 0 fully saturated rings. The third-order valence-electron chi connectivity index (χ3n) is 4.79. The fraction of sp³-hybridized carbons (Fsp3) is 0.100. The van der Waals surface area contributed by atoms with Crippen LogP contribution in [0.5, 0.6) is 11.5 Å². The molecule has 1 atom stereocenters. The summed E-state index contributed by atoms with van der Waals surface area (Å²) in [6, 6.07) is 10.2. The van der Waals surface area contributed by atoms with E-state index in [0.29, 0.717) is 16.5 Å². The zero-order valence-corrected chi connectivity index (χ0v) is 15.0. The number of nitriles is 1. The summed E-state index contributed by atoms with van der Waals surface area (Å²) >= 11 is 0. The number of nitro groups is 1. The Kier molecular flexibility index (Phi) is 3.98. The van der Waals surface area contributed by atoms with Gasteiger partial charge in [0.1, 0.15) is 28.7 Å². The quantitative estimate of drug-likeness (QED) is 0.384. The van der Waals surface area contributed by atoms with Crippen LogP contribution in [-0.4, -0.2) is 10.0 Å². The lowest BCUT2D eigenvalue weighted by molar-refractivity contribution is -0.384. The summed E-state index contributed by atoms with van der Waals surface area (Å²) in [5.74, 6) is -1.26. The molecule has 9 nitrogen and oxygen atoms in total. The van der Waals surface area contributed by atoms with Crippen LogP contribution in [0.4, 0.5) is 5.69 Å². The van der Waals surface area contributed by atoms with E-state index in [4.69, 9.17) is 14.9 Å². The van der Waals surface area contributed by atoms with E-state index in [1.165, 1.54) is 30.3 Å². The number of phenolic OH excluding ortho intramolecular Hbond substituents is 1. The molecule has 0 radical (unpaired) electrons. The minimum Gasteiger partial charge on any atom is -0.507 e. The molecule has 4 rings (SSSR count). The number of hydrogen-bond acceptors (Lipinski definition) is 8. The number of allylic oxidation sites excluding steroid dienone is 1. The highest BCUT2D eigenvalue weighted by Crippen LogP contribution is 2.50. The number of aromatic hydroxyl groups is 1. The third-order valence-corrected chi connectivity index (χ3v) is 4.79. The number of non-ortho nitro benzene ring substituents is 1. The Morgan fingerprint density at radius 1 is 1.31 bits per heavy atom. The number of benzene rings is 2. The van der Waals surface area contributed by atoms with Gasteiger partial charge in [0.2, 0.25) is 5.88 Å². The molecule has 1 aliphatic rings. The largest absolute Gasteiger partial charge is 0.507 e. The molecule has 2 aromatic carbocycles. The van der Waals surface area contributed by atoms with Crippen LogP contribution in [0.1, 0.15) is 22.6 Å². The summed E-state index contributed by atoms with van der Waals surface area (Å²) in [5.41, 5.74) is 6.42. The van der Waals surface area contributed by atoms with Gasteiger partial charge < -0.3 is 20.0 Å². The van der Waals surface area contributed by atoms with Gasteiger partial charge in [-0.3, -0.25) is 10.1 Å². The van der Waals surface area contributed by atoms with E-state index in [1.54, 1.807) is 13.0 Å². The first-order valence-corrected chi connectivity index (χ1v) is 8.44. The van der Waals surface area contributed by atoms with Crippen molar-refractivity contribution in [3.63, 3.8) is 0 Å². The van der Waals surface area contributed by atoms with Crippen LogP contribution in [0.25, 0.3) is 11.0 Å². The number of nitrogens with two attached hydrogens (primary N) is 1. The van der Waals surface area contributed by atoms with E-state index in [0.717, 1.165) is 0 Å².